The van der Waals surface area contributed by atoms with Gasteiger partial charge in [-0.25, -0.2) is 9.97 Å². The van der Waals surface area contributed by atoms with Gasteiger partial charge in [0.1, 0.15) is 11.6 Å². The Morgan fingerprint density at radius 2 is 1.52 bits per heavy atom. The molecular weight excluding hydrogens is 386 g/mol. The molecule has 1 aromatic heterocycles. The zero-order valence-corrected chi connectivity index (χ0v) is 17.8. The van der Waals surface area contributed by atoms with Crippen LogP contribution in [0.3, 0.4) is 0 Å². The van der Waals surface area contributed by atoms with Gasteiger partial charge in [-0.1, -0.05) is 54.6 Å². The third-order valence-electron chi connectivity index (χ3n) is 5.68. The highest BCUT2D eigenvalue weighted by molar-refractivity contribution is 5.92. The van der Waals surface area contributed by atoms with E-state index in [4.69, 9.17) is 19.4 Å². The van der Waals surface area contributed by atoms with Crippen molar-refractivity contribution in [3.63, 3.8) is 0 Å². The molecule has 31 heavy (non-hydrogen) atoms. The van der Waals surface area contributed by atoms with Gasteiger partial charge in [0.2, 0.25) is 0 Å². The lowest BCUT2D eigenvalue weighted by molar-refractivity contribution is 0.356. The lowest BCUT2D eigenvalue weighted by atomic mass is 10.0. The molecule has 0 spiro atoms. The van der Waals surface area contributed by atoms with Crippen molar-refractivity contribution in [1.29, 1.82) is 0 Å². The van der Waals surface area contributed by atoms with E-state index in [1.165, 1.54) is 16.7 Å². The van der Waals surface area contributed by atoms with Gasteiger partial charge in [0.05, 0.1) is 19.7 Å². The topological polar surface area (TPSA) is 56.3 Å². The minimum absolute atomic E-state index is 0.461. The van der Waals surface area contributed by atoms with Crippen molar-refractivity contribution in [2.24, 2.45) is 0 Å². The Labute approximate surface area is 182 Å². The summed E-state index contributed by atoms with van der Waals surface area (Å²) in [6.07, 6.45) is 2.30. The summed E-state index contributed by atoms with van der Waals surface area (Å²) in [7, 11) is 3.29. The number of nitrogens with zero attached hydrogens (tertiary/aromatic N) is 2. The first kappa shape index (κ1) is 19.4. The van der Waals surface area contributed by atoms with E-state index < -0.39 is 0 Å². The molecule has 0 aliphatic heterocycles. The summed E-state index contributed by atoms with van der Waals surface area (Å²) in [4.78, 5) is 9.65. The average Bonchev–Trinajstić information content (AvgIpc) is 3.68. The van der Waals surface area contributed by atoms with Crippen LogP contribution in [0.15, 0.2) is 66.7 Å². The molecule has 0 unspecified atom stereocenters. The van der Waals surface area contributed by atoms with E-state index in [2.05, 4.69) is 53.8 Å². The number of benzene rings is 3. The standard InChI is InChI=1S/C26H25N3O2/c1-30-23-14-21-22(15-24(23)31-2)28-25(20-12-13-20)29-26(21)27-16-17-8-10-19(11-9-17)18-6-4-3-5-7-18/h3-11,14-15,20H,12-13,16H2,1-2H3,(H,27,28,29). The molecule has 1 aliphatic rings. The van der Waals surface area contributed by atoms with Crippen molar-refractivity contribution in [2.75, 3.05) is 19.5 Å². The first-order valence-corrected chi connectivity index (χ1v) is 10.6. The number of nitrogens with one attached hydrogen (secondary N) is 1. The van der Waals surface area contributed by atoms with Gasteiger partial charge in [0.25, 0.3) is 0 Å². The first-order valence-electron chi connectivity index (χ1n) is 10.6. The van der Waals surface area contributed by atoms with Crippen molar-refractivity contribution in [3.05, 3.63) is 78.1 Å². The lowest BCUT2D eigenvalue weighted by Crippen LogP contribution is -2.06. The summed E-state index contributed by atoms with van der Waals surface area (Å²) in [5.41, 5.74) is 4.50. The zero-order chi connectivity index (χ0) is 21.2. The van der Waals surface area contributed by atoms with E-state index in [-0.39, 0.29) is 0 Å². The molecule has 1 fully saturated rings. The van der Waals surface area contributed by atoms with Crippen LogP contribution < -0.4 is 14.8 Å². The van der Waals surface area contributed by atoms with Gasteiger partial charge in [0.15, 0.2) is 11.5 Å². The van der Waals surface area contributed by atoms with Crippen LogP contribution in [0.1, 0.15) is 30.1 Å². The molecule has 5 heteroatoms. The minimum Gasteiger partial charge on any atom is -0.493 e. The summed E-state index contributed by atoms with van der Waals surface area (Å²) >= 11 is 0. The van der Waals surface area contributed by atoms with Crippen LogP contribution in [0.5, 0.6) is 11.5 Å². The molecule has 4 aromatic rings. The third kappa shape index (κ3) is 4.04. The van der Waals surface area contributed by atoms with Crippen molar-refractivity contribution in [3.8, 4) is 22.6 Å². The number of ether oxygens (including phenoxy) is 2. The van der Waals surface area contributed by atoms with Crippen LogP contribution in [0.2, 0.25) is 0 Å². The largest absolute Gasteiger partial charge is 0.493 e. The van der Waals surface area contributed by atoms with Crippen LogP contribution in [0.25, 0.3) is 22.0 Å². The fourth-order valence-electron chi connectivity index (χ4n) is 3.76. The summed E-state index contributed by atoms with van der Waals surface area (Å²) in [5.74, 6) is 3.55. The smallest absolute Gasteiger partial charge is 0.162 e. The molecule has 0 amide bonds. The molecule has 0 bridgehead atoms. The second-order valence-corrected chi connectivity index (χ2v) is 7.85. The monoisotopic (exact) mass is 411 g/mol. The number of anilines is 1. The summed E-state index contributed by atoms with van der Waals surface area (Å²) in [6, 6.07) is 22.9. The summed E-state index contributed by atoms with van der Waals surface area (Å²) < 4.78 is 11.0. The minimum atomic E-state index is 0.461. The summed E-state index contributed by atoms with van der Waals surface area (Å²) in [5, 5.41) is 4.46. The van der Waals surface area contributed by atoms with Crippen molar-refractivity contribution in [1.82, 2.24) is 9.97 Å². The number of hydrogen-bond donors (Lipinski definition) is 1. The van der Waals surface area contributed by atoms with Gasteiger partial charge in [-0.2, -0.15) is 0 Å². The fraction of sp³-hybridized carbons (Fsp3) is 0.231. The second kappa shape index (κ2) is 8.26. The molecule has 1 aliphatic carbocycles. The molecule has 1 N–H and O–H groups in total. The van der Waals surface area contributed by atoms with E-state index >= 15 is 0 Å². The molecule has 5 rings (SSSR count). The van der Waals surface area contributed by atoms with E-state index in [0.29, 0.717) is 24.0 Å². The molecule has 156 valence electrons. The number of hydrogen-bond acceptors (Lipinski definition) is 5. The Morgan fingerprint density at radius 1 is 0.839 bits per heavy atom. The van der Waals surface area contributed by atoms with E-state index in [1.54, 1.807) is 14.2 Å². The van der Waals surface area contributed by atoms with Gasteiger partial charge >= 0.3 is 0 Å². The second-order valence-electron chi connectivity index (χ2n) is 7.85. The number of rotatable bonds is 7. The Bertz CT molecular complexity index is 1200. The van der Waals surface area contributed by atoms with Crippen LogP contribution in [-0.2, 0) is 6.54 Å². The predicted octanol–water partition coefficient (Wildman–Crippen LogP) is 5.80. The van der Waals surface area contributed by atoms with Crippen molar-refractivity contribution in [2.45, 2.75) is 25.3 Å². The molecule has 0 saturated heterocycles. The summed E-state index contributed by atoms with van der Waals surface area (Å²) in [6.45, 7) is 0.680. The average molecular weight is 412 g/mol. The quantitative estimate of drug-likeness (QED) is 0.416. The maximum Gasteiger partial charge on any atom is 0.162 e. The number of methoxy groups -OCH3 is 2. The predicted molar refractivity (Wildman–Crippen MR) is 124 cm³/mol. The van der Waals surface area contributed by atoms with Crippen LogP contribution in [0.4, 0.5) is 5.82 Å². The number of aromatic nitrogens is 2. The zero-order valence-electron chi connectivity index (χ0n) is 17.8. The highest BCUT2D eigenvalue weighted by atomic mass is 16.5. The van der Waals surface area contributed by atoms with Crippen LogP contribution in [-0.4, -0.2) is 24.2 Å². The van der Waals surface area contributed by atoms with Crippen LogP contribution in [0, 0.1) is 0 Å². The molecule has 1 heterocycles. The molecule has 1 saturated carbocycles. The Balaban J connectivity index is 1.44. The molecule has 0 radical (unpaired) electrons. The molecule has 3 aromatic carbocycles. The molecule has 5 nitrogen and oxygen atoms in total. The van der Waals surface area contributed by atoms with Gasteiger partial charge in [-0.15, -0.1) is 0 Å². The highest BCUT2D eigenvalue weighted by Crippen LogP contribution is 2.41. The van der Waals surface area contributed by atoms with E-state index in [0.717, 1.165) is 35.4 Å². The lowest BCUT2D eigenvalue weighted by Gasteiger charge is -2.14. The first-order chi connectivity index (χ1) is 15.2. The highest BCUT2D eigenvalue weighted by Gasteiger charge is 2.28. The SMILES string of the molecule is COc1cc2nc(C3CC3)nc(NCc3ccc(-c4ccccc4)cc3)c2cc1OC. The molecular formula is C26H25N3O2. The van der Waals surface area contributed by atoms with Gasteiger partial charge in [0, 0.05) is 23.9 Å². The Morgan fingerprint density at radius 3 is 2.19 bits per heavy atom. The fourth-order valence-corrected chi connectivity index (χ4v) is 3.76. The van der Waals surface area contributed by atoms with Crippen molar-refractivity contribution < 1.29 is 9.47 Å². The van der Waals surface area contributed by atoms with Gasteiger partial charge < -0.3 is 14.8 Å². The number of fused-ring (bicyclic) bond motifs is 1. The van der Waals surface area contributed by atoms with E-state index in [1.807, 2.05) is 18.2 Å². The Kier molecular flexibility index (Phi) is 5.16. The normalized spacial score (nSPS) is 13.2. The third-order valence-corrected chi connectivity index (χ3v) is 5.68. The Hall–Kier alpha value is -3.60. The maximum atomic E-state index is 5.50. The van der Waals surface area contributed by atoms with Gasteiger partial charge in [-0.3, -0.25) is 0 Å². The van der Waals surface area contributed by atoms with Crippen molar-refractivity contribution >= 4 is 16.7 Å². The maximum absolute atomic E-state index is 5.50. The van der Waals surface area contributed by atoms with Gasteiger partial charge in [-0.05, 0) is 35.6 Å². The molecule has 0 atom stereocenters. The van der Waals surface area contributed by atoms with Crippen LogP contribution >= 0.6 is 0 Å². The van der Waals surface area contributed by atoms with E-state index in [9.17, 15) is 0 Å².